The second-order valence-corrected chi connectivity index (χ2v) is 4.85. The third-order valence-electron chi connectivity index (χ3n) is 3.61. The molecule has 4 N–H and O–H groups in total. The molecule has 3 rings (SSSR count). The summed E-state index contributed by atoms with van der Waals surface area (Å²) < 4.78 is 10.5. The predicted molar refractivity (Wildman–Crippen MR) is 77.1 cm³/mol. The second-order valence-electron chi connectivity index (χ2n) is 4.85. The van der Waals surface area contributed by atoms with Crippen molar-refractivity contribution in [3.8, 4) is 11.5 Å². The van der Waals surface area contributed by atoms with Gasteiger partial charge in [-0.2, -0.15) is 0 Å². The lowest BCUT2D eigenvalue weighted by molar-refractivity contribution is -0.119. The number of nitrogens with one attached hydrogen (secondary N) is 4. The summed E-state index contributed by atoms with van der Waals surface area (Å²) in [6, 6.07) is 4.37. The maximum Gasteiger partial charge on any atom is 0.319 e. The Labute approximate surface area is 126 Å². The molecule has 0 radical (unpaired) electrons. The molecule has 0 aromatic heterocycles. The summed E-state index contributed by atoms with van der Waals surface area (Å²) in [6.07, 6.45) is 0. The van der Waals surface area contributed by atoms with Crippen molar-refractivity contribution in [2.45, 2.75) is 6.04 Å². The van der Waals surface area contributed by atoms with E-state index < -0.39 is 6.04 Å². The number of methoxy groups -OCH3 is 2. The molecule has 0 bridgehead atoms. The summed E-state index contributed by atoms with van der Waals surface area (Å²) in [5.74, 6) is 0.827. The van der Waals surface area contributed by atoms with E-state index in [1.54, 1.807) is 25.3 Å². The van der Waals surface area contributed by atoms with Crippen LogP contribution in [-0.4, -0.2) is 32.7 Å². The van der Waals surface area contributed by atoms with E-state index in [0.717, 1.165) is 5.56 Å². The van der Waals surface area contributed by atoms with Gasteiger partial charge in [0.05, 0.1) is 32.4 Å². The zero-order valence-electron chi connectivity index (χ0n) is 12.1. The Morgan fingerprint density at radius 1 is 1.14 bits per heavy atom. The summed E-state index contributed by atoms with van der Waals surface area (Å²) in [5, 5.41) is 5.41. The molecule has 1 aromatic rings. The third kappa shape index (κ3) is 2.33. The first kappa shape index (κ1) is 14.2. The first-order valence-electron chi connectivity index (χ1n) is 6.69. The summed E-state index contributed by atoms with van der Waals surface area (Å²) >= 11 is 0. The van der Waals surface area contributed by atoms with Crippen LogP contribution in [0, 0.1) is 0 Å². The molecule has 2 aliphatic rings. The molecule has 22 heavy (non-hydrogen) atoms. The van der Waals surface area contributed by atoms with Gasteiger partial charge in [0.2, 0.25) is 0 Å². The molecular formula is C14H16N4O4. The quantitative estimate of drug-likeness (QED) is 0.627. The molecule has 0 spiro atoms. The largest absolute Gasteiger partial charge is 0.493 e. The minimum absolute atomic E-state index is 0.284. The molecule has 3 amide bonds. The van der Waals surface area contributed by atoms with Crippen LogP contribution < -0.4 is 31.0 Å². The molecule has 8 heteroatoms. The summed E-state index contributed by atoms with van der Waals surface area (Å²) in [4.78, 5) is 23.9. The fourth-order valence-electron chi connectivity index (χ4n) is 2.59. The number of amides is 3. The van der Waals surface area contributed by atoms with Crippen LogP contribution in [0.5, 0.6) is 11.5 Å². The highest BCUT2D eigenvalue weighted by molar-refractivity contribution is 5.99. The van der Waals surface area contributed by atoms with Gasteiger partial charge in [-0.1, -0.05) is 6.07 Å². The van der Waals surface area contributed by atoms with Gasteiger partial charge < -0.3 is 20.1 Å². The van der Waals surface area contributed by atoms with Gasteiger partial charge in [-0.05, 0) is 17.7 Å². The molecule has 1 aromatic carbocycles. The van der Waals surface area contributed by atoms with Crippen molar-refractivity contribution >= 4 is 11.9 Å². The molecule has 0 saturated heterocycles. The fraction of sp³-hybridized carbons (Fsp3) is 0.286. The Morgan fingerprint density at radius 3 is 2.64 bits per heavy atom. The summed E-state index contributed by atoms with van der Waals surface area (Å²) in [5.41, 5.74) is 7.05. The lowest BCUT2D eigenvalue weighted by Gasteiger charge is -2.32. The molecule has 1 unspecified atom stereocenters. The van der Waals surface area contributed by atoms with E-state index in [1.165, 1.54) is 7.11 Å². The lowest BCUT2D eigenvalue weighted by Crippen LogP contribution is -2.55. The number of hydrogen-bond acceptors (Lipinski definition) is 5. The molecule has 0 saturated carbocycles. The third-order valence-corrected chi connectivity index (χ3v) is 3.61. The highest BCUT2D eigenvalue weighted by Crippen LogP contribution is 2.34. The topological polar surface area (TPSA) is 101 Å². The van der Waals surface area contributed by atoms with E-state index in [0.29, 0.717) is 29.3 Å². The highest BCUT2D eigenvalue weighted by atomic mass is 16.5. The Balaban J connectivity index is 2.05. The number of rotatable bonds is 3. The number of hydrazine groups is 1. The highest BCUT2D eigenvalue weighted by Gasteiger charge is 2.34. The van der Waals surface area contributed by atoms with Crippen molar-refractivity contribution in [1.29, 1.82) is 0 Å². The Bertz CT molecular complexity index is 671. The minimum Gasteiger partial charge on any atom is -0.493 e. The van der Waals surface area contributed by atoms with Crippen LogP contribution in [0.3, 0.4) is 0 Å². The number of urea groups is 1. The Hall–Kier alpha value is -2.74. The number of ether oxygens (including phenoxy) is 2. The van der Waals surface area contributed by atoms with Gasteiger partial charge in [0.1, 0.15) is 0 Å². The van der Waals surface area contributed by atoms with E-state index >= 15 is 0 Å². The van der Waals surface area contributed by atoms with Gasteiger partial charge in [-0.25, -0.2) is 10.2 Å². The van der Waals surface area contributed by atoms with Crippen LogP contribution in [0.1, 0.15) is 11.6 Å². The van der Waals surface area contributed by atoms with Crippen molar-refractivity contribution < 1.29 is 19.1 Å². The van der Waals surface area contributed by atoms with Crippen LogP contribution in [0.15, 0.2) is 29.5 Å². The summed E-state index contributed by atoms with van der Waals surface area (Å²) in [6.45, 7) is 0.359. The second kappa shape index (κ2) is 5.57. The number of hydrogen-bond donors (Lipinski definition) is 4. The van der Waals surface area contributed by atoms with E-state index in [9.17, 15) is 9.59 Å². The standard InChI is InChI=1S/C14H16N4O4/c1-21-9-4-3-7(5-10(9)22-2)12-11-8(16-14(20)17-12)6-15-18-13(11)19/h3-5,12,15H,6H2,1-2H3,(H,18,19)(H2,16,17,20). The maximum absolute atomic E-state index is 12.1. The number of carbonyl (C=O) groups excluding carboxylic acids is 2. The predicted octanol–water partition coefficient (Wildman–Crippen LogP) is -0.0538. The average molecular weight is 304 g/mol. The van der Waals surface area contributed by atoms with Gasteiger partial charge >= 0.3 is 6.03 Å². The fourth-order valence-corrected chi connectivity index (χ4v) is 2.59. The van der Waals surface area contributed by atoms with E-state index in [2.05, 4.69) is 21.5 Å². The molecule has 2 heterocycles. The molecule has 0 fully saturated rings. The zero-order valence-corrected chi connectivity index (χ0v) is 12.1. The van der Waals surface area contributed by atoms with Crippen LogP contribution >= 0.6 is 0 Å². The molecule has 1 atom stereocenters. The Morgan fingerprint density at radius 2 is 1.91 bits per heavy atom. The smallest absolute Gasteiger partial charge is 0.319 e. The van der Waals surface area contributed by atoms with Crippen molar-refractivity contribution in [3.05, 3.63) is 35.0 Å². The van der Waals surface area contributed by atoms with Crippen LogP contribution in [0.2, 0.25) is 0 Å². The minimum atomic E-state index is -0.550. The van der Waals surface area contributed by atoms with Crippen molar-refractivity contribution in [1.82, 2.24) is 21.5 Å². The molecule has 8 nitrogen and oxygen atoms in total. The maximum atomic E-state index is 12.1. The van der Waals surface area contributed by atoms with Gasteiger partial charge in [0, 0.05) is 5.70 Å². The van der Waals surface area contributed by atoms with Gasteiger partial charge in [0.15, 0.2) is 11.5 Å². The monoisotopic (exact) mass is 304 g/mol. The lowest BCUT2D eigenvalue weighted by atomic mass is 9.93. The van der Waals surface area contributed by atoms with Crippen LogP contribution in [0.25, 0.3) is 0 Å². The summed E-state index contributed by atoms with van der Waals surface area (Å²) in [7, 11) is 3.08. The van der Waals surface area contributed by atoms with Crippen molar-refractivity contribution in [2.75, 3.05) is 20.8 Å². The van der Waals surface area contributed by atoms with Crippen molar-refractivity contribution in [3.63, 3.8) is 0 Å². The number of benzene rings is 1. The molecule has 0 aliphatic carbocycles. The van der Waals surface area contributed by atoms with Crippen LogP contribution in [-0.2, 0) is 4.79 Å². The van der Waals surface area contributed by atoms with E-state index in [-0.39, 0.29) is 11.9 Å². The van der Waals surface area contributed by atoms with E-state index in [1.807, 2.05) is 0 Å². The van der Waals surface area contributed by atoms with Gasteiger partial charge in [0.25, 0.3) is 5.91 Å². The van der Waals surface area contributed by atoms with Crippen LogP contribution in [0.4, 0.5) is 4.79 Å². The molecule has 116 valence electrons. The SMILES string of the molecule is COc1ccc(C2NC(=O)NC3=C2C(=O)NNC3)cc1OC. The first-order valence-corrected chi connectivity index (χ1v) is 6.69. The van der Waals surface area contributed by atoms with Crippen molar-refractivity contribution in [2.24, 2.45) is 0 Å². The first-order chi connectivity index (χ1) is 10.6. The molecular weight excluding hydrogens is 288 g/mol. The van der Waals surface area contributed by atoms with Gasteiger partial charge in [-0.3, -0.25) is 10.2 Å². The zero-order chi connectivity index (χ0) is 15.7. The average Bonchev–Trinajstić information content (AvgIpc) is 2.53. The molecule has 2 aliphatic heterocycles. The number of carbonyl (C=O) groups is 2. The van der Waals surface area contributed by atoms with E-state index in [4.69, 9.17) is 9.47 Å². The Kier molecular flexibility index (Phi) is 3.60. The van der Waals surface area contributed by atoms with Gasteiger partial charge in [-0.15, -0.1) is 0 Å². The normalized spacial score (nSPS) is 20.5.